The first kappa shape index (κ1) is 23.1. The Morgan fingerprint density at radius 3 is 2.58 bits per heavy atom. The van der Waals surface area contributed by atoms with Crippen molar-refractivity contribution in [2.45, 2.75) is 63.6 Å². The first-order chi connectivity index (χ1) is 17.7. The van der Waals surface area contributed by atoms with E-state index in [4.69, 9.17) is 4.98 Å². The molecule has 4 aromatic heterocycles. The fourth-order valence-corrected chi connectivity index (χ4v) is 5.78. The van der Waals surface area contributed by atoms with Crippen LogP contribution in [0, 0.1) is 0 Å². The summed E-state index contributed by atoms with van der Waals surface area (Å²) < 4.78 is 2.37. The zero-order valence-corrected chi connectivity index (χ0v) is 20.8. The van der Waals surface area contributed by atoms with Crippen molar-refractivity contribution in [3.05, 3.63) is 43.0 Å². The van der Waals surface area contributed by atoms with Gasteiger partial charge in [-0.2, -0.15) is 4.98 Å². The number of piperidine rings is 1. The van der Waals surface area contributed by atoms with Crippen LogP contribution in [0.15, 0.2) is 43.0 Å². The Hall–Kier alpha value is -3.30. The summed E-state index contributed by atoms with van der Waals surface area (Å²) in [5.41, 5.74) is 3.23. The molecule has 0 aromatic carbocycles. The molecule has 0 spiro atoms. The third kappa shape index (κ3) is 4.49. The van der Waals surface area contributed by atoms with Gasteiger partial charge in [-0.3, -0.25) is 4.98 Å². The number of hydrogen-bond donors (Lipinski definition) is 3. The second-order valence-corrected chi connectivity index (χ2v) is 10.2. The van der Waals surface area contributed by atoms with Gasteiger partial charge in [0.2, 0.25) is 5.95 Å². The number of aliphatic hydroxyl groups excluding tert-OH is 1. The van der Waals surface area contributed by atoms with E-state index in [0.717, 1.165) is 59.4 Å². The highest BCUT2D eigenvalue weighted by Gasteiger charge is 2.24. The van der Waals surface area contributed by atoms with Gasteiger partial charge in [-0.25, -0.2) is 9.97 Å². The van der Waals surface area contributed by atoms with E-state index in [2.05, 4.69) is 47.2 Å². The van der Waals surface area contributed by atoms with E-state index in [1.165, 1.54) is 25.7 Å². The predicted molar refractivity (Wildman–Crippen MR) is 143 cm³/mol. The van der Waals surface area contributed by atoms with Crippen LogP contribution in [0.3, 0.4) is 0 Å². The first-order valence-corrected chi connectivity index (χ1v) is 13.1. The van der Waals surface area contributed by atoms with Crippen LogP contribution >= 0.6 is 0 Å². The highest BCUT2D eigenvalue weighted by Crippen LogP contribution is 2.37. The molecule has 1 aliphatic carbocycles. The highest BCUT2D eigenvalue weighted by molar-refractivity contribution is 6.06. The van der Waals surface area contributed by atoms with Gasteiger partial charge in [-0.1, -0.05) is 12.8 Å². The highest BCUT2D eigenvalue weighted by atomic mass is 16.3. The number of fused-ring (bicyclic) bond motifs is 3. The minimum Gasteiger partial charge on any atom is -0.395 e. The van der Waals surface area contributed by atoms with Gasteiger partial charge in [0.05, 0.1) is 30.2 Å². The average Bonchev–Trinajstić information content (AvgIpc) is 3.55. The van der Waals surface area contributed by atoms with Crippen molar-refractivity contribution >= 4 is 39.4 Å². The van der Waals surface area contributed by atoms with E-state index in [-0.39, 0.29) is 12.6 Å². The lowest BCUT2D eigenvalue weighted by Gasteiger charge is -2.35. The topological polar surface area (TPSA) is 104 Å². The Morgan fingerprint density at radius 1 is 1.00 bits per heavy atom. The fourth-order valence-electron chi connectivity index (χ4n) is 5.78. The lowest BCUT2D eigenvalue weighted by atomic mass is 10.0. The van der Waals surface area contributed by atoms with Gasteiger partial charge >= 0.3 is 0 Å². The van der Waals surface area contributed by atoms with Crippen molar-refractivity contribution in [1.29, 1.82) is 0 Å². The normalized spacial score (nSPS) is 18.3. The lowest BCUT2D eigenvalue weighted by Crippen LogP contribution is -2.46. The maximum absolute atomic E-state index is 9.28. The maximum Gasteiger partial charge on any atom is 0.230 e. The van der Waals surface area contributed by atoms with Crippen molar-refractivity contribution in [3.63, 3.8) is 0 Å². The molecule has 9 heteroatoms. The molecular formula is C27H34N8O. The molecule has 0 amide bonds. The van der Waals surface area contributed by atoms with E-state index in [0.29, 0.717) is 18.0 Å². The molecule has 188 valence electrons. The quantitative estimate of drug-likeness (QED) is 0.358. The van der Waals surface area contributed by atoms with Gasteiger partial charge < -0.3 is 25.2 Å². The molecular weight excluding hydrogens is 452 g/mol. The van der Waals surface area contributed by atoms with E-state index >= 15 is 0 Å². The number of hydrogen-bond acceptors (Lipinski definition) is 8. The van der Waals surface area contributed by atoms with Crippen LogP contribution in [0.1, 0.15) is 51.5 Å². The standard InChI is InChI=1S/C27H34N8O/c1-18(17-36)31-19-9-12-34(13-10-19)21-6-7-25(29-14-21)32-27-30-15-23-22-8-11-28-16-24(22)35(26(23)33-27)20-4-2-3-5-20/h6-8,11,14-16,18-20,31,36H,2-5,9-10,12-13,17H2,1H3,(H,29,30,32,33)/t18-/m0/s1. The van der Waals surface area contributed by atoms with Crippen LogP contribution in [-0.2, 0) is 0 Å². The van der Waals surface area contributed by atoms with E-state index in [1.807, 2.05) is 37.8 Å². The molecule has 1 saturated carbocycles. The van der Waals surface area contributed by atoms with Crippen molar-refractivity contribution < 1.29 is 5.11 Å². The third-order valence-corrected chi connectivity index (χ3v) is 7.68. The van der Waals surface area contributed by atoms with Crippen molar-refractivity contribution in [1.82, 2.24) is 29.8 Å². The second-order valence-electron chi connectivity index (χ2n) is 10.2. The summed E-state index contributed by atoms with van der Waals surface area (Å²) >= 11 is 0. The minimum atomic E-state index is 0.145. The van der Waals surface area contributed by atoms with Gasteiger partial charge in [0.25, 0.3) is 0 Å². The smallest absolute Gasteiger partial charge is 0.230 e. The average molecular weight is 487 g/mol. The number of pyridine rings is 2. The SMILES string of the molecule is C[C@@H](CO)NC1CCN(c2ccc(Nc3ncc4c5ccncc5n(C5CCCC5)c4n3)nc2)CC1. The molecule has 0 bridgehead atoms. The van der Waals surface area contributed by atoms with Gasteiger partial charge in [0.15, 0.2) is 0 Å². The largest absolute Gasteiger partial charge is 0.395 e. The predicted octanol–water partition coefficient (Wildman–Crippen LogP) is 4.17. The Balaban J connectivity index is 1.19. The molecule has 2 aliphatic rings. The van der Waals surface area contributed by atoms with Crippen LogP contribution in [0.2, 0.25) is 0 Å². The number of aliphatic hydroxyl groups is 1. The molecule has 4 aromatic rings. The Labute approximate surface area is 211 Å². The maximum atomic E-state index is 9.28. The summed E-state index contributed by atoms with van der Waals surface area (Å²) in [6.45, 7) is 4.15. The van der Waals surface area contributed by atoms with Crippen molar-refractivity contribution in [2.75, 3.05) is 29.9 Å². The second kappa shape index (κ2) is 9.99. The summed E-state index contributed by atoms with van der Waals surface area (Å²) in [7, 11) is 0. The third-order valence-electron chi connectivity index (χ3n) is 7.68. The number of nitrogens with one attached hydrogen (secondary N) is 2. The molecule has 1 saturated heterocycles. The summed E-state index contributed by atoms with van der Waals surface area (Å²) in [5.74, 6) is 1.29. The van der Waals surface area contributed by atoms with Gasteiger partial charge in [-0.05, 0) is 50.8 Å². The first-order valence-electron chi connectivity index (χ1n) is 13.1. The van der Waals surface area contributed by atoms with Crippen LogP contribution in [0.4, 0.5) is 17.5 Å². The van der Waals surface area contributed by atoms with E-state index in [1.54, 1.807) is 0 Å². The zero-order valence-electron chi connectivity index (χ0n) is 20.8. The number of anilines is 3. The molecule has 1 aliphatic heterocycles. The lowest BCUT2D eigenvalue weighted by molar-refractivity contribution is 0.233. The zero-order chi connectivity index (χ0) is 24.5. The summed E-state index contributed by atoms with van der Waals surface area (Å²) in [5, 5.41) is 18.3. The van der Waals surface area contributed by atoms with Crippen LogP contribution in [-0.4, -0.2) is 61.4 Å². The van der Waals surface area contributed by atoms with Crippen molar-refractivity contribution in [3.8, 4) is 0 Å². The molecule has 1 atom stereocenters. The summed E-state index contributed by atoms with van der Waals surface area (Å²) in [6, 6.07) is 7.23. The Morgan fingerprint density at radius 2 is 1.83 bits per heavy atom. The Kier molecular flexibility index (Phi) is 6.41. The van der Waals surface area contributed by atoms with Gasteiger partial charge in [0.1, 0.15) is 11.5 Å². The molecule has 0 unspecified atom stereocenters. The fraction of sp³-hybridized carbons (Fsp3) is 0.481. The van der Waals surface area contributed by atoms with E-state index in [9.17, 15) is 5.11 Å². The monoisotopic (exact) mass is 486 g/mol. The number of aromatic nitrogens is 5. The molecule has 6 rings (SSSR count). The van der Waals surface area contributed by atoms with Gasteiger partial charge in [0, 0.05) is 54.4 Å². The van der Waals surface area contributed by atoms with Crippen LogP contribution in [0.5, 0.6) is 0 Å². The molecule has 5 heterocycles. The molecule has 0 radical (unpaired) electrons. The molecule has 2 fully saturated rings. The Bertz CT molecular complexity index is 1320. The molecule has 9 nitrogen and oxygen atoms in total. The molecule has 3 N–H and O–H groups in total. The van der Waals surface area contributed by atoms with Gasteiger partial charge in [-0.15, -0.1) is 0 Å². The van der Waals surface area contributed by atoms with Crippen LogP contribution in [0.25, 0.3) is 21.9 Å². The van der Waals surface area contributed by atoms with Crippen LogP contribution < -0.4 is 15.5 Å². The number of rotatable bonds is 7. The van der Waals surface area contributed by atoms with E-state index < -0.39 is 0 Å². The van der Waals surface area contributed by atoms with Crippen molar-refractivity contribution in [2.24, 2.45) is 0 Å². The molecule has 36 heavy (non-hydrogen) atoms. The summed E-state index contributed by atoms with van der Waals surface area (Å²) in [6.07, 6.45) is 14.6. The summed E-state index contributed by atoms with van der Waals surface area (Å²) in [4.78, 5) is 21.0. The minimum absolute atomic E-state index is 0.145. The number of nitrogens with zero attached hydrogens (tertiary/aromatic N) is 6.